The Kier molecular flexibility index (Phi) is 27.3. The van der Waals surface area contributed by atoms with E-state index in [0.717, 1.165) is 28.5 Å². The van der Waals surface area contributed by atoms with Gasteiger partial charge in [-0.15, -0.1) is 0 Å². The van der Waals surface area contributed by atoms with Crippen LogP contribution in [0.15, 0.2) is 59.6 Å². The summed E-state index contributed by atoms with van der Waals surface area (Å²) in [6.07, 6.45) is -1.38. The highest BCUT2D eigenvalue weighted by molar-refractivity contribution is 8.76. The number of carboxylic acids is 1. The number of carbonyl (C=O) groups excluding carboxylic acids is 11. The predicted octanol–water partition coefficient (Wildman–Crippen LogP) is -5.31. The molecular weight excluding hydrogens is 1070 g/mol. The lowest BCUT2D eigenvalue weighted by Crippen LogP contribution is -2.61. The van der Waals surface area contributed by atoms with Crippen molar-refractivity contribution in [1.82, 2.24) is 42.1 Å². The number of nitrogens with two attached hydrogens (primary N) is 6. The van der Waals surface area contributed by atoms with Crippen molar-refractivity contribution in [1.29, 1.82) is 0 Å². The normalized spacial score (nSPS) is 21.8. The second-order valence-electron chi connectivity index (χ2n) is 18.1. The molecule has 2 aromatic rings. The van der Waals surface area contributed by atoms with E-state index < -0.39 is 145 Å². The lowest BCUT2D eigenvalue weighted by Gasteiger charge is -2.31. The number of amides is 11. The first kappa shape index (κ1) is 65.1. The van der Waals surface area contributed by atoms with E-state index in [1.807, 2.05) is 0 Å². The molecule has 4 rings (SSSR count). The third kappa shape index (κ3) is 23.9. The number of hydrogen-bond donors (Lipinski definition) is 15. The zero-order valence-electron chi connectivity index (χ0n) is 43.2. The van der Waals surface area contributed by atoms with Gasteiger partial charge in [0.25, 0.3) is 5.97 Å². The van der Waals surface area contributed by atoms with E-state index in [0.29, 0.717) is 17.5 Å². The molecular formula is C48H69N15O14S2. The molecule has 11 amide bonds. The summed E-state index contributed by atoms with van der Waals surface area (Å²) in [7, 11) is 1.99. The number of rotatable bonds is 19. The summed E-state index contributed by atoms with van der Waals surface area (Å²) in [4.78, 5) is 162. The van der Waals surface area contributed by atoms with Crippen LogP contribution in [-0.2, 0) is 70.4 Å². The zero-order valence-corrected chi connectivity index (χ0v) is 44.8. The lowest BCUT2D eigenvalue weighted by molar-refractivity contribution is -0.142. The van der Waals surface area contributed by atoms with Gasteiger partial charge in [-0.3, -0.25) is 62.5 Å². The van der Waals surface area contributed by atoms with Crippen LogP contribution in [0.5, 0.6) is 5.75 Å². The number of nitrogens with zero attached hydrogens (tertiary/aromatic N) is 2. The second kappa shape index (κ2) is 33.2. The molecule has 0 saturated carbocycles. The van der Waals surface area contributed by atoms with Crippen LogP contribution in [0.25, 0.3) is 0 Å². The van der Waals surface area contributed by atoms with Crippen LogP contribution in [0.3, 0.4) is 0 Å². The van der Waals surface area contributed by atoms with Crippen molar-refractivity contribution in [3.8, 4) is 5.75 Å². The van der Waals surface area contributed by atoms with Gasteiger partial charge in [0.15, 0.2) is 5.96 Å². The number of nitrogens with one attached hydrogen (secondary N) is 7. The monoisotopic (exact) mass is 1140 g/mol. The molecule has 0 bridgehead atoms. The molecule has 8 atom stereocenters. The summed E-state index contributed by atoms with van der Waals surface area (Å²) in [6, 6.07) is 2.80. The molecule has 0 aliphatic carbocycles. The number of hydrogen-bond acceptors (Lipinski definition) is 17. The first-order valence-corrected chi connectivity index (χ1v) is 27.2. The van der Waals surface area contributed by atoms with E-state index in [1.54, 1.807) is 30.3 Å². The Morgan fingerprint density at radius 2 is 1.27 bits per heavy atom. The number of primary amides is 3. The topological polar surface area (TPSA) is 501 Å². The maximum Gasteiger partial charge on any atom is 0.300 e. The molecule has 31 heteroatoms. The predicted molar refractivity (Wildman–Crippen MR) is 289 cm³/mol. The largest absolute Gasteiger partial charge is 0.508 e. The minimum atomic E-state index is -1.80. The Balaban J connectivity index is 0.00000396. The summed E-state index contributed by atoms with van der Waals surface area (Å²) in [6.45, 7) is 0.641. The highest BCUT2D eigenvalue weighted by Gasteiger charge is 2.40. The average molecular weight is 1140 g/mol. The standard InChI is InChI=1S/C46H65N15O12S2.C2H4O2/c47-27-22-74-75-23-33(45(73)61-17-5-9-34(61)44(72)56-28(8-4-16-53-46(51)52)39(67)54-21-37(50)65)60-43(71)32(20-36(49)64)59-40(68)29(14-15-35(48)63)55-41(69)31(18-24-6-2-1-3-7-24)58-42(70)30(57-38(27)66)19-25-10-12-26(62)13-11-25;1-2(3)4/h1-3,6-7,10-13,27-34,62H,4-5,8-9,14-23,47H2,(H2,48,63)(H2,49,64)(H2,50,65)(H,54,67)(H,55,69)(H,56,72)(H,57,66)(H,58,70)(H,59,68)(H,60,71)(H4,51,52,53);1H3,(H,3,4)/t27-,28-,29-,30?,31-,32?,33-,34-;/m0./s1. The van der Waals surface area contributed by atoms with Gasteiger partial charge in [0, 0.05) is 50.8 Å². The van der Waals surface area contributed by atoms with Gasteiger partial charge < -0.3 is 86.7 Å². The first-order chi connectivity index (χ1) is 37.3. The first-order valence-electron chi connectivity index (χ1n) is 24.7. The number of benzene rings is 2. The quantitative estimate of drug-likeness (QED) is 0.0270. The van der Waals surface area contributed by atoms with Crippen LogP contribution < -0.4 is 71.6 Å². The van der Waals surface area contributed by atoms with Crippen LogP contribution in [0.4, 0.5) is 0 Å². The maximum absolute atomic E-state index is 14.6. The average Bonchev–Trinajstić information content (AvgIpc) is 3.92. The van der Waals surface area contributed by atoms with Crippen molar-refractivity contribution in [2.24, 2.45) is 39.4 Å². The van der Waals surface area contributed by atoms with Crippen molar-refractivity contribution in [3.63, 3.8) is 0 Å². The van der Waals surface area contributed by atoms with Crippen LogP contribution in [-0.4, -0.2) is 171 Å². The van der Waals surface area contributed by atoms with Gasteiger partial charge in [-0.2, -0.15) is 0 Å². The van der Waals surface area contributed by atoms with Gasteiger partial charge in [-0.1, -0.05) is 64.1 Å². The number of phenolic OH excluding ortho intramolecular Hbond substituents is 1. The van der Waals surface area contributed by atoms with E-state index in [9.17, 15) is 57.8 Å². The number of carboxylic acid groups (broad SMARTS) is 1. The van der Waals surface area contributed by atoms with E-state index in [2.05, 4.69) is 42.2 Å². The fourth-order valence-electron chi connectivity index (χ4n) is 7.80. The van der Waals surface area contributed by atoms with Crippen molar-refractivity contribution in [2.75, 3.05) is 31.1 Å². The van der Waals surface area contributed by atoms with Crippen LogP contribution in [0, 0.1) is 0 Å². The summed E-state index contributed by atoms with van der Waals surface area (Å²) in [5, 5.41) is 35.1. The molecule has 2 fully saturated rings. The van der Waals surface area contributed by atoms with Gasteiger partial charge in [0.1, 0.15) is 48.0 Å². The summed E-state index contributed by atoms with van der Waals surface area (Å²) in [5.41, 5.74) is 34.4. The number of aliphatic carboxylic acids is 1. The van der Waals surface area contributed by atoms with Crippen LogP contribution in [0.2, 0.25) is 0 Å². The molecule has 2 saturated heterocycles. The summed E-state index contributed by atoms with van der Waals surface area (Å²) >= 11 is 0. The number of guanidine groups is 1. The smallest absolute Gasteiger partial charge is 0.300 e. The summed E-state index contributed by atoms with van der Waals surface area (Å²) in [5.74, 6) is -11.4. The van der Waals surface area contributed by atoms with Gasteiger partial charge in [0.2, 0.25) is 65.0 Å². The Morgan fingerprint density at radius 3 is 1.85 bits per heavy atom. The maximum atomic E-state index is 14.6. The Hall–Kier alpha value is -8.19. The molecule has 2 heterocycles. The number of carbonyl (C=O) groups is 12. The molecule has 2 unspecified atom stereocenters. The van der Waals surface area contributed by atoms with E-state index in [1.165, 1.54) is 29.2 Å². The molecule has 2 aliphatic rings. The number of aliphatic imine (C=N–C) groups is 1. The second-order valence-corrected chi connectivity index (χ2v) is 20.7. The van der Waals surface area contributed by atoms with Gasteiger partial charge in [-0.25, -0.2) is 0 Å². The molecule has 2 aliphatic heterocycles. The molecule has 0 radical (unpaired) electrons. The highest BCUT2D eigenvalue weighted by atomic mass is 33.1. The number of likely N-dealkylation sites (tertiary alicyclic amines) is 1. The van der Waals surface area contributed by atoms with Crippen molar-refractivity contribution in [3.05, 3.63) is 65.7 Å². The molecule has 79 heavy (non-hydrogen) atoms. The zero-order chi connectivity index (χ0) is 58.8. The van der Waals surface area contributed by atoms with Crippen molar-refractivity contribution >= 4 is 98.5 Å². The lowest BCUT2D eigenvalue weighted by atomic mass is 10.0. The number of phenols is 1. The molecule has 0 spiro atoms. The third-order valence-electron chi connectivity index (χ3n) is 11.6. The third-order valence-corrected chi connectivity index (χ3v) is 14.1. The molecule has 432 valence electrons. The Morgan fingerprint density at radius 1 is 0.722 bits per heavy atom. The van der Waals surface area contributed by atoms with E-state index >= 15 is 0 Å². The van der Waals surface area contributed by atoms with Crippen LogP contribution in [0.1, 0.15) is 63.0 Å². The Labute approximate surface area is 461 Å². The molecule has 21 N–H and O–H groups in total. The van der Waals surface area contributed by atoms with Gasteiger partial charge in [-0.05, 0) is 55.4 Å². The Bertz CT molecular complexity index is 2520. The number of aromatic hydroxyl groups is 1. The SMILES string of the molecule is CC(=O)O.NC(=O)CC[C@@H]1NC(=O)[C@H](Cc2ccccc2)NC(=O)C(Cc2ccc(O)cc2)NC(=O)[C@@H](N)CSSC[C@@H](C(=O)N2CCC[C@H]2C(=O)N[C@@H](CCCN=C(N)N)C(=O)NCC(N)=O)NC(=O)C(CC(N)=O)NC1=O. The van der Waals surface area contributed by atoms with E-state index in [-0.39, 0.29) is 68.4 Å². The van der Waals surface area contributed by atoms with Crippen molar-refractivity contribution < 1.29 is 67.7 Å². The van der Waals surface area contributed by atoms with E-state index in [4.69, 9.17) is 44.3 Å². The van der Waals surface area contributed by atoms with Gasteiger partial charge >= 0.3 is 0 Å². The fraction of sp³-hybridized carbons (Fsp3) is 0.479. The molecule has 2 aromatic carbocycles. The summed E-state index contributed by atoms with van der Waals surface area (Å²) < 4.78 is 0. The molecule has 29 nitrogen and oxygen atoms in total. The highest BCUT2D eigenvalue weighted by Crippen LogP contribution is 2.26. The van der Waals surface area contributed by atoms with Crippen LogP contribution >= 0.6 is 21.6 Å². The minimum absolute atomic E-state index is 0.00106. The fourth-order valence-corrected chi connectivity index (χ4v) is 10.1. The minimum Gasteiger partial charge on any atom is -0.508 e. The molecule has 0 aromatic heterocycles. The van der Waals surface area contributed by atoms with Gasteiger partial charge in [0.05, 0.1) is 19.0 Å². The van der Waals surface area contributed by atoms with Crippen molar-refractivity contribution in [2.45, 2.75) is 113 Å².